The third-order valence-corrected chi connectivity index (χ3v) is 13.7. The topological polar surface area (TPSA) is 3.24 Å². The van der Waals surface area contributed by atoms with Crippen LogP contribution in [0.25, 0.3) is 0 Å². The van der Waals surface area contributed by atoms with E-state index in [9.17, 15) is 0 Å². The second-order valence-corrected chi connectivity index (χ2v) is 14.3. The van der Waals surface area contributed by atoms with Crippen molar-refractivity contribution in [3.63, 3.8) is 0 Å². The summed E-state index contributed by atoms with van der Waals surface area (Å²) in [6.45, 7) is 0. The number of rotatable bonds is 6. The minimum Gasteiger partial charge on any atom is -0.235 e. The monoisotopic (exact) mass is 471 g/mol. The summed E-state index contributed by atoms with van der Waals surface area (Å²) < 4.78 is 2.71. The predicted molar refractivity (Wildman–Crippen MR) is 145 cm³/mol. The van der Waals surface area contributed by atoms with Crippen LogP contribution in [0.1, 0.15) is 35.3 Å². The molecule has 1 heterocycles. The maximum Gasteiger partial charge on any atom is 0.0350 e. The SMILES string of the molecule is PN(P(c1ccccc1)c1ccccc1)P1[C@H](c2ccccc2)CC[C@H]1c1ccccc1. The van der Waals surface area contributed by atoms with Gasteiger partial charge in [0.1, 0.15) is 0 Å². The van der Waals surface area contributed by atoms with Gasteiger partial charge in [-0.2, -0.15) is 0 Å². The van der Waals surface area contributed by atoms with Crippen molar-refractivity contribution < 1.29 is 0 Å². The summed E-state index contributed by atoms with van der Waals surface area (Å²) in [7, 11) is 2.12. The Morgan fingerprint density at radius 1 is 0.562 bits per heavy atom. The highest BCUT2D eigenvalue weighted by molar-refractivity contribution is 7.84. The Morgan fingerprint density at radius 2 is 0.906 bits per heavy atom. The Labute approximate surface area is 196 Å². The lowest BCUT2D eigenvalue weighted by molar-refractivity contribution is 0.765. The Morgan fingerprint density at radius 3 is 1.28 bits per heavy atom. The fourth-order valence-electron chi connectivity index (χ4n) is 4.70. The molecule has 1 fully saturated rings. The molecule has 32 heavy (non-hydrogen) atoms. The van der Waals surface area contributed by atoms with Crippen molar-refractivity contribution in [1.29, 1.82) is 0 Å². The average Bonchev–Trinajstić information content (AvgIpc) is 3.32. The molecule has 0 aliphatic carbocycles. The van der Waals surface area contributed by atoms with Gasteiger partial charge in [0.2, 0.25) is 0 Å². The van der Waals surface area contributed by atoms with Crippen molar-refractivity contribution in [3.8, 4) is 0 Å². The molecule has 0 N–H and O–H groups in total. The van der Waals surface area contributed by atoms with Crippen LogP contribution in [-0.2, 0) is 0 Å². The van der Waals surface area contributed by atoms with Gasteiger partial charge in [-0.3, -0.25) is 0 Å². The summed E-state index contributed by atoms with van der Waals surface area (Å²) in [6.07, 6.45) is 2.49. The van der Waals surface area contributed by atoms with Crippen molar-refractivity contribution in [2.75, 3.05) is 0 Å². The number of hydrogen-bond donors (Lipinski definition) is 0. The van der Waals surface area contributed by atoms with Crippen LogP contribution in [0.4, 0.5) is 0 Å². The minimum absolute atomic E-state index is 0.447. The molecule has 0 amide bonds. The van der Waals surface area contributed by atoms with Crippen molar-refractivity contribution in [2.24, 2.45) is 0 Å². The quantitative estimate of drug-likeness (QED) is 0.259. The zero-order valence-corrected chi connectivity index (χ0v) is 21.0. The number of nitrogens with zero attached hydrogens (tertiary/aromatic N) is 1. The molecule has 1 aliphatic heterocycles. The molecule has 0 saturated carbocycles. The molecule has 1 saturated heterocycles. The normalized spacial score (nSPS) is 19.0. The standard InChI is InChI=1S/C28H28NP3/c30-29(31(25-17-9-3-10-18-25)26-19-11-4-12-20-26)32-27(23-13-5-1-6-14-23)21-22-28(32)24-15-7-2-8-16-24/h1-20,27-28H,21-22,30H2/t27-,28-/m0/s1. The Kier molecular flexibility index (Phi) is 7.12. The van der Waals surface area contributed by atoms with Crippen molar-refractivity contribution in [3.05, 3.63) is 132 Å². The first-order valence-electron chi connectivity index (χ1n) is 11.2. The molecule has 160 valence electrons. The largest absolute Gasteiger partial charge is 0.235 e. The van der Waals surface area contributed by atoms with Gasteiger partial charge in [-0.05, 0) is 42.6 Å². The first kappa shape index (κ1) is 21.9. The van der Waals surface area contributed by atoms with Crippen LogP contribution >= 0.6 is 25.5 Å². The molecule has 3 atom stereocenters. The summed E-state index contributed by atoms with van der Waals surface area (Å²) in [6, 6.07) is 44.5. The van der Waals surface area contributed by atoms with Crippen LogP contribution in [0.15, 0.2) is 121 Å². The fourth-order valence-corrected chi connectivity index (χ4v) is 13.1. The van der Waals surface area contributed by atoms with Crippen LogP contribution in [0.5, 0.6) is 0 Å². The smallest absolute Gasteiger partial charge is 0.0350 e. The second-order valence-electron chi connectivity index (χ2n) is 8.11. The summed E-state index contributed by atoms with van der Waals surface area (Å²) in [4.78, 5) is 0. The predicted octanol–water partition coefficient (Wildman–Crippen LogP) is 7.80. The molecule has 4 aromatic rings. The molecular weight excluding hydrogens is 443 g/mol. The molecule has 5 rings (SSSR count). The zero-order chi connectivity index (χ0) is 21.8. The van der Waals surface area contributed by atoms with Gasteiger partial charge in [0.15, 0.2) is 0 Å². The van der Waals surface area contributed by atoms with E-state index in [4.69, 9.17) is 0 Å². The van der Waals surface area contributed by atoms with Crippen molar-refractivity contribution in [1.82, 2.24) is 4.21 Å². The summed E-state index contributed by atoms with van der Waals surface area (Å²) in [5, 5.41) is 2.83. The second kappa shape index (κ2) is 10.4. The molecule has 1 aliphatic rings. The molecule has 0 spiro atoms. The highest BCUT2D eigenvalue weighted by Gasteiger charge is 2.42. The zero-order valence-electron chi connectivity index (χ0n) is 18.0. The third-order valence-electron chi connectivity index (χ3n) is 6.16. The van der Waals surface area contributed by atoms with Gasteiger partial charge in [-0.25, -0.2) is 4.21 Å². The van der Waals surface area contributed by atoms with E-state index in [1.807, 2.05) is 0 Å². The van der Waals surface area contributed by atoms with E-state index in [0.717, 1.165) is 0 Å². The van der Waals surface area contributed by atoms with Crippen LogP contribution < -0.4 is 10.6 Å². The average molecular weight is 471 g/mol. The molecule has 0 aromatic heterocycles. The van der Waals surface area contributed by atoms with Crippen molar-refractivity contribution >= 4 is 36.1 Å². The van der Waals surface area contributed by atoms with Crippen LogP contribution in [0, 0.1) is 0 Å². The van der Waals surface area contributed by atoms with Crippen molar-refractivity contribution in [2.45, 2.75) is 24.2 Å². The number of hydrogen-bond acceptors (Lipinski definition) is 1. The molecule has 1 unspecified atom stereocenters. The highest BCUT2D eigenvalue weighted by atomic mass is 31.2. The van der Waals surface area contributed by atoms with Gasteiger partial charge in [-0.15, -0.1) is 0 Å². The van der Waals surface area contributed by atoms with Gasteiger partial charge >= 0.3 is 0 Å². The number of benzene rings is 4. The van der Waals surface area contributed by atoms with E-state index in [0.29, 0.717) is 11.3 Å². The first-order valence-corrected chi connectivity index (χ1v) is 14.4. The van der Waals surface area contributed by atoms with Gasteiger partial charge in [0.25, 0.3) is 0 Å². The Balaban J connectivity index is 1.60. The Hall–Kier alpha value is -1.87. The molecular formula is C28H28NP3. The molecule has 4 aromatic carbocycles. The maximum absolute atomic E-state index is 3.20. The lowest BCUT2D eigenvalue weighted by Crippen LogP contribution is -2.20. The van der Waals surface area contributed by atoms with E-state index in [1.54, 1.807) is 0 Å². The van der Waals surface area contributed by atoms with Crippen LogP contribution in [0.2, 0.25) is 0 Å². The summed E-state index contributed by atoms with van der Waals surface area (Å²) in [5.74, 6) is 0. The molecule has 0 bridgehead atoms. The van der Waals surface area contributed by atoms with Gasteiger partial charge in [0.05, 0.1) is 0 Å². The van der Waals surface area contributed by atoms with Gasteiger partial charge < -0.3 is 0 Å². The highest BCUT2D eigenvalue weighted by Crippen LogP contribution is 2.77. The fraction of sp³-hybridized carbons (Fsp3) is 0.143. The third kappa shape index (κ3) is 4.59. The van der Waals surface area contributed by atoms with E-state index in [2.05, 4.69) is 135 Å². The minimum atomic E-state index is -0.632. The first-order chi connectivity index (χ1) is 15.8. The summed E-state index contributed by atoms with van der Waals surface area (Å²) >= 11 is 0. The van der Waals surface area contributed by atoms with Gasteiger partial charge in [-0.1, -0.05) is 131 Å². The maximum atomic E-state index is 3.20. The van der Waals surface area contributed by atoms with E-state index in [1.165, 1.54) is 34.6 Å². The van der Waals surface area contributed by atoms with Crippen LogP contribution in [-0.4, -0.2) is 4.21 Å². The summed E-state index contributed by atoms with van der Waals surface area (Å²) in [5.41, 5.74) is 4.12. The lowest BCUT2D eigenvalue weighted by atomic mass is 10.0. The lowest BCUT2D eigenvalue weighted by Gasteiger charge is -2.39. The molecule has 0 radical (unpaired) electrons. The van der Waals surface area contributed by atoms with E-state index >= 15 is 0 Å². The molecule has 1 nitrogen and oxygen atoms in total. The van der Waals surface area contributed by atoms with E-state index < -0.39 is 16.1 Å². The van der Waals surface area contributed by atoms with Crippen LogP contribution in [0.3, 0.4) is 0 Å². The van der Waals surface area contributed by atoms with E-state index in [-0.39, 0.29) is 0 Å². The van der Waals surface area contributed by atoms with Gasteiger partial charge in [0, 0.05) is 19.4 Å². The molecule has 4 heteroatoms. The Bertz CT molecular complexity index is 1020.